The van der Waals surface area contributed by atoms with Crippen molar-refractivity contribution in [2.75, 3.05) is 32.8 Å². The number of unbranched alkanes of at least 4 members (excludes halogenated alkanes) is 1. The van der Waals surface area contributed by atoms with Gasteiger partial charge in [-0.05, 0) is 48.4 Å². The van der Waals surface area contributed by atoms with Gasteiger partial charge in [0.05, 0.1) is 39.6 Å². The Kier molecular flexibility index (Phi) is 8.93. The van der Waals surface area contributed by atoms with E-state index in [2.05, 4.69) is 17.1 Å². The van der Waals surface area contributed by atoms with E-state index in [-0.39, 0.29) is 22.4 Å². The molecule has 2 heterocycles. The lowest BCUT2D eigenvalue weighted by Gasteiger charge is -2.24. The first kappa shape index (κ1) is 28.9. The Morgan fingerprint density at radius 3 is 2.20 bits per heavy atom. The number of benzene rings is 2. The van der Waals surface area contributed by atoms with Crippen molar-refractivity contribution < 1.29 is 33.6 Å². The maximum Gasteiger partial charge on any atom is 0.301 e. The molecule has 11 heteroatoms. The summed E-state index contributed by atoms with van der Waals surface area (Å²) in [5.41, 5.74) is 0.717. The molecule has 2 aromatic carbocycles. The highest BCUT2D eigenvalue weighted by atomic mass is 32.1. The maximum atomic E-state index is 13.5. The average molecular weight is 568 g/mol. The summed E-state index contributed by atoms with van der Waals surface area (Å²) in [6.07, 6.45) is 1.93. The number of nitrogens with zero attached hydrogens (tertiary/aromatic N) is 3. The molecule has 40 heavy (non-hydrogen) atoms. The van der Waals surface area contributed by atoms with Gasteiger partial charge in [0.1, 0.15) is 16.5 Å². The van der Waals surface area contributed by atoms with Crippen LogP contribution in [0.2, 0.25) is 0 Å². The number of rotatable bonds is 11. The molecule has 212 valence electrons. The number of carbonyl (C=O) groups is 2. The number of aliphatic hydroxyl groups is 1. The quantitative estimate of drug-likeness (QED) is 0.139. The number of ketones is 1. The van der Waals surface area contributed by atoms with Gasteiger partial charge >= 0.3 is 5.91 Å². The van der Waals surface area contributed by atoms with Gasteiger partial charge in [0, 0.05) is 11.5 Å². The summed E-state index contributed by atoms with van der Waals surface area (Å²) in [6.45, 7) is 6.58. The second-order valence-corrected chi connectivity index (χ2v) is 10.4. The van der Waals surface area contributed by atoms with Crippen molar-refractivity contribution in [3.05, 3.63) is 58.1 Å². The summed E-state index contributed by atoms with van der Waals surface area (Å²) in [6, 6.07) is 8.99. The number of aromatic nitrogens is 2. The van der Waals surface area contributed by atoms with E-state index in [1.807, 2.05) is 13.8 Å². The summed E-state index contributed by atoms with van der Waals surface area (Å²) >= 11 is 1.21. The number of hydrogen-bond donors (Lipinski definition) is 1. The lowest BCUT2D eigenvalue weighted by Crippen LogP contribution is -2.29. The van der Waals surface area contributed by atoms with E-state index in [0.29, 0.717) is 45.7 Å². The summed E-state index contributed by atoms with van der Waals surface area (Å²) in [5, 5.41) is 20.9. The molecule has 1 atom stereocenters. The van der Waals surface area contributed by atoms with E-state index in [4.69, 9.17) is 18.9 Å². The predicted octanol–water partition coefficient (Wildman–Crippen LogP) is 5.49. The Labute approximate surface area is 237 Å². The highest BCUT2D eigenvalue weighted by Crippen LogP contribution is 2.47. The van der Waals surface area contributed by atoms with E-state index in [1.54, 1.807) is 36.4 Å². The van der Waals surface area contributed by atoms with Gasteiger partial charge in [-0.25, -0.2) is 0 Å². The third kappa shape index (κ3) is 5.46. The number of aliphatic hydroxyl groups excluding tert-OH is 1. The van der Waals surface area contributed by atoms with Crippen molar-refractivity contribution in [2.45, 2.75) is 45.6 Å². The van der Waals surface area contributed by atoms with Crippen molar-refractivity contribution in [3.8, 4) is 23.0 Å². The number of amides is 1. The molecule has 1 N–H and O–H groups in total. The summed E-state index contributed by atoms with van der Waals surface area (Å²) in [7, 11) is 4.43. The van der Waals surface area contributed by atoms with Crippen molar-refractivity contribution in [1.29, 1.82) is 0 Å². The van der Waals surface area contributed by atoms with Gasteiger partial charge in [-0.3, -0.25) is 14.5 Å². The van der Waals surface area contributed by atoms with Crippen LogP contribution < -0.4 is 23.8 Å². The van der Waals surface area contributed by atoms with E-state index in [9.17, 15) is 14.7 Å². The van der Waals surface area contributed by atoms with Gasteiger partial charge in [-0.15, -0.1) is 10.2 Å². The minimum absolute atomic E-state index is 0.0701. The summed E-state index contributed by atoms with van der Waals surface area (Å²) < 4.78 is 22.2. The summed E-state index contributed by atoms with van der Waals surface area (Å²) in [5.74, 6) is -0.280. The lowest BCUT2D eigenvalue weighted by molar-refractivity contribution is -0.132. The van der Waals surface area contributed by atoms with Crippen molar-refractivity contribution in [1.82, 2.24) is 10.2 Å². The maximum absolute atomic E-state index is 13.5. The van der Waals surface area contributed by atoms with Crippen LogP contribution in [0.5, 0.6) is 23.0 Å². The molecule has 1 aromatic heterocycles. The summed E-state index contributed by atoms with van der Waals surface area (Å²) in [4.78, 5) is 28.3. The standard InChI is InChI=1S/C29H33N3O7S/c1-7-8-13-39-19-11-9-17(10-12-19)24(33)22-23(18-14-20(36-4)26(38-6)21(15-18)37-5)32(28(35)25(22)34)29-31-30-27(40-29)16(2)3/h9-12,14-16,23,33H,7-8,13H2,1-6H3/b24-22+. The van der Waals surface area contributed by atoms with Crippen LogP contribution in [0.15, 0.2) is 42.0 Å². The monoisotopic (exact) mass is 567 g/mol. The number of hydrogen-bond acceptors (Lipinski definition) is 10. The van der Waals surface area contributed by atoms with Crippen LogP contribution in [0.3, 0.4) is 0 Å². The third-order valence-corrected chi connectivity index (χ3v) is 7.69. The first-order valence-electron chi connectivity index (χ1n) is 12.9. The number of Topliss-reactive ketones (excluding diaryl/α,β-unsaturated/α-hetero) is 1. The zero-order valence-corrected chi connectivity index (χ0v) is 24.2. The van der Waals surface area contributed by atoms with Gasteiger partial charge < -0.3 is 24.1 Å². The highest BCUT2D eigenvalue weighted by Gasteiger charge is 2.49. The molecular weight excluding hydrogens is 534 g/mol. The van der Waals surface area contributed by atoms with E-state index in [0.717, 1.165) is 12.8 Å². The minimum atomic E-state index is -1.04. The molecule has 3 aromatic rings. The molecule has 1 fully saturated rings. The van der Waals surface area contributed by atoms with Crippen molar-refractivity contribution >= 4 is 33.9 Å². The van der Waals surface area contributed by atoms with Crippen LogP contribution in [0.25, 0.3) is 5.76 Å². The topological polar surface area (TPSA) is 120 Å². The average Bonchev–Trinajstić information content (AvgIpc) is 3.55. The fraction of sp³-hybridized carbons (Fsp3) is 0.379. The molecular formula is C29H33N3O7S. The van der Waals surface area contributed by atoms with Gasteiger partial charge in [0.2, 0.25) is 10.9 Å². The van der Waals surface area contributed by atoms with Gasteiger partial charge in [0.25, 0.3) is 5.78 Å². The van der Waals surface area contributed by atoms with Gasteiger partial charge in [0.15, 0.2) is 11.5 Å². The molecule has 0 aliphatic carbocycles. The van der Waals surface area contributed by atoms with E-state index in [1.165, 1.54) is 37.6 Å². The highest BCUT2D eigenvalue weighted by molar-refractivity contribution is 7.15. The Balaban J connectivity index is 1.89. The SMILES string of the molecule is CCCCOc1ccc(/C(O)=C2\C(=O)C(=O)N(c3nnc(C(C)C)s3)C2c2cc(OC)c(OC)c(OC)c2)cc1. The Morgan fingerprint density at radius 1 is 1.02 bits per heavy atom. The Hall–Kier alpha value is -4.12. The first-order valence-corrected chi connectivity index (χ1v) is 13.7. The van der Waals surface area contributed by atoms with E-state index < -0.39 is 17.7 Å². The zero-order valence-electron chi connectivity index (χ0n) is 23.4. The smallest absolute Gasteiger partial charge is 0.301 e. The van der Waals surface area contributed by atoms with Crippen molar-refractivity contribution in [2.24, 2.45) is 0 Å². The second kappa shape index (κ2) is 12.4. The molecule has 0 bridgehead atoms. The normalized spacial score (nSPS) is 16.5. The fourth-order valence-electron chi connectivity index (χ4n) is 4.36. The third-order valence-electron chi connectivity index (χ3n) is 6.47. The zero-order chi connectivity index (χ0) is 29.0. The Bertz CT molecular complexity index is 1390. The lowest BCUT2D eigenvalue weighted by atomic mass is 9.94. The molecule has 0 radical (unpaired) electrons. The number of ether oxygens (including phenoxy) is 4. The van der Waals surface area contributed by atoms with Gasteiger partial charge in [-0.2, -0.15) is 0 Å². The fourth-order valence-corrected chi connectivity index (χ4v) is 5.23. The second-order valence-electron chi connectivity index (χ2n) is 9.43. The first-order chi connectivity index (χ1) is 19.2. The number of methoxy groups -OCH3 is 3. The van der Waals surface area contributed by atoms with Crippen LogP contribution in [0, 0.1) is 0 Å². The molecule has 1 unspecified atom stereocenters. The predicted molar refractivity (Wildman–Crippen MR) is 152 cm³/mol. The van der Waals surface area contributed by atoms with Crippen LogP contribution in [0.4, 0.5) is 5.13 Å². The van der Waals surface area contributed by atoms with E-state index >= 15 is 0 Å². The molecule has 1 saturated heterocycles. The molecule has 10 nitrogen and oxygen atoms in total. The van der Waals surface area contributed by atoms with Crippen LogP contribution in [0.1, 0.15) is 61.7 Å². The molecule has 0 spiro atoms. The largest absolute Gasteiger partial charge is 0.507 e. The van der Waals surface area contributed by atoms with Crippen LogP contribution >= 0.6 is 11.3 Å². The molecule has 1 aliphatic heterocycles. The van der Waals surface area contributed by atoms with Gasteiger partial charge in [-0.1, -0.05) is 38.5 Å². The Morgan fingerprint density at radius 2 is 1.68 bits per heavy atom. The number of anilines is 1. The molecule has 4 rings (SSSR count). The number of carbonyl (C=O) groups excluding carboxylic acids is 2. The molecule has 1 amide bonds. The van der Waals surface area contributed by atoms with Crippen molar-refractivity contribution in [3.63, 3.8) is 0 Å². The van der Waals surface area contributed by atoms with Crippen LogP contribution in [-0.2, 0) is 9.59 Å². The minimum Gasteiger partial charge on any atom is -0.507 e. The molecule has 1 aliphatic rings. The van der Waals surface area contributed by atoms with Crippen LogP contribution in [-0.4, -0.2) is 54.9 Å². The molecule has 0 saturated carbocycles.